The van der Waals surface area contributed by atoms with Crippen molar-refractivity contribution in [3.63, 3.8) is 0 Å². The van der Waals surface area contributed by atoms with E-state index in [1.807, 2.05) is 0 Å². The van der Waals surface area contributed by atoms with E-state index in [2.05, 4.69) is 50.6 Å². The summed E-state index contributed by atoms with van der Waals surface area (Å²) in [6, 6.07) is 1.23. The molecule has 2 nitrogen and oxygen atoms in total. The van der Waals surface area contributed by atoms with Crippen molar-refractivity contribution in [3.8, 4) is 0 Å². The van der Waals surface area contributed by atoms with Crippen LogP contribution in [0.1, 0.15) is 27.7 Å². The first-order chi connectivity index (χ1) is 5.23. The minimum Gasteiger partial charge on any atom is -0.319 e. The molecule has 0 saturated carbocycles. The van der Waals surface area contributed by atoms with Crippen LogP contribution in [-0.4, -0.2) is 24.2 Å². The van der Waals surface area contributed by atoms with E-state index in [-0.39, 0.29) is 5.54 Å². The largest absolute Gasteiger partial charge is 0.319 e. The minimum absolute atomic E-state index is 0.202. The summed E-state index contributed by atoms with van der Waals surface area (Å²) in [5.41, 5.74) is 1.51. The molecule has 3 heteroatoms. The van der Waals surface area contributed by atoms with Crippen molar-refractivity contribution in [3.05, 3.63) is 0 Å². The SMILES string of the molecule is CC1=NN(C(C)(C)C)[Si](C)(C)C1. The Hall–Kier alpha value is -0.313. The van der Waals surface area contributed by atoms with Gasteiger partial charge >= 0.3 is 0 Å². The third-order valence-corrected chi connectivity index (χ3v) is 5.46. The molecule has 0 N–H and O–H groups in total. The third-order valence-electron chi connectivity index (χ3n) is 2.17. The molecule has 0 aromatic rings. The molecule has 1 rings (SSSR count). The van der Waals surface area contributed by atoms with Gasteiger partial charge < -0.3 is 4.67 Å². The highest BCUT2D eigenvalue weighted by Crippen LogP contribution is 2.30. The Morgan fingerprint density at radius 3 is 2.00 bits per heavy atom. The number of rotatable bonds is 0. The van der Waals surface area contributed by atoms with E-state index >= 15 is 0 Å². The summed E-state index contributed by atoms with van der Waals surface area (Å²) >= 11 is 0. The van der Waals surface area contributed by atoms with E-state index < -0.39 is 8.24 Å². The number of hydrogen-bond acceptors (Lipinski definition) is 2. The van der Waals surface area contributed by atoms with Gasteiger partial charge in [0.1, 0.15) is 0 Å². The van der Waals surface area contributed by atoms with Crippen molar-refractivity contribution >= 4 is 13.9 Å². The molecule has 0 spiro atoms. The van der Waals surface area contributed by atoms with Gasteiger partial charge in [-0.1, -0.05) is 0 Å². The Morgan fingerprint density at radius 2 is 1.83 bits per heavy atom. The standard InChI is InChI=1S/C9H20N2Si/c1-8-7-12(5,6)11(10-8)9(2,3)4/h7H2,1-6H3. The molecule has 0 aromatic heterocycles. The predicted octanol–water partition coefficient (Wildman–Crippen LogP) is 2.68. The van der Waals surface area contributed by atoms with Crippen LogP contribution in [0.15, 0.2) is 5.10 Å². The van der Waals surface area contributed by atoms with Crippen molar-refractivity contribution in [2.75, 3.05) is 0 Å². The lowest BCUT2D eigenvalue weighted by atomic mass is 10.1. The van der Waals surface area contributed by atoms with Crippen molar-refractivity contribution in [2.45, 2.75) is 52.4 Å². The first-order valence-electron chi connectivity index (χ1n) is 4.58. The highest BCUT2D eigenvalue weighted by Gasteiger charge is 2.40. The van der Waals surface area contributed by atoms with E-state index in [1.54, 1.807) is 0 Å². The molecule has 1 aliphatic heterocycles. The molecule has 0 unspecified atom stereocenters. The van der Waals surface area contributed by atoms with E-state index in [0.29, 0.717) is 0 Å². The van der Waals surface area contributed by atoms with Gasteiger partial charge in [-0.05, 0) is 40.8 Å². The van der Waals surface area contributed by atoms with Crippen molar-refractivity contribution in [2.24, 2.45) is 5.10 Å². The lowest BCUT2D eigenvalue weighted by molar-refractivity contribution is 0.256. The maximum absolute atomic E-state index is 4.62. The van der Waals surface area contributed by atoms with Crippen LogP contribution in [0.5, 0.6) is 0 Å². The van der Waals surface area contributed by atoms with Gasteiger partial charge in [-0.25, -0.2) is 0 Å². The Balaban J connectivity index is 2.90. The van der Waals surface area contributed by atoms with E-state index in [0.717, 1.165) is 0 Å². The van der Waals surface area contributed by atoms with Gasteiger partial charge in [0.2, 0.25) is 0 Å². The average molecular weight is 184 g/mol. The van der Waals surface area contributed by atoms with Crippen molar-refractivity contribution in [1.82, 2.24) is 4.67 Å². The first-order valence-corrected chi connectivity index (χ1v) is 7.73. The molecule has 0 amide bonds. The zero-order valence-electron chi connectivity index (χ0n) is 9.10. The van der Waals surface area contributed by atoms with E-state index in [1.165, 1.54) is 11.8 Å². The molecule has 0 bridgehead atoms. The molecular weight excluding hydrogens is 164 g/mol. The zero-order valence-corrected chi connectivity index (χ0v) is 10.1. The van der Waals surface area contributed by atoms with Gasteiger partial charge in [0.15, 0.2) is 8.24 Å². The van der Waals surface area contributed by atoms with Gasteiger partial charge in [-0.15, -0.1) is 0 Å². The fourth-order valence-electron chi connectivity index (χ4n) is 2.10. The fourth-order valence-corrected chi connectivity index (χ4v) is 5.83. The topological polar surface area (TPSA) is 15.6 Å². The zero-order chi connectivity index (χ0) is 9.57. The lowest BCUT2D eigenvalue weighted by Crippen LogP contribution is -2.51. The summed E-state index contributed by atoms with van der Waals surface area (Å²) in [6.45, 7) is 13.6. The van der Waals surface area contributed by atoms with Gasteiger partial charge in [-0.2, -0.15) is 5.10 Å². The van der Waals surface area contributed by atoms with E-state index in [9.17, 15) is 0 Å². The van der Waals surface area contributed by atoms with Gasteiger partial charge in [0.05, 0.1) is 0 Å². The number of hydrogen-bond donors (Lipinski definition) is 0. The van der Waals surface area contributed by atoms with Crippen LogP contribution in [0.3, 0.4) is 0 Å². The Morgan fingerprint density at radius 1 is 1.33 bits per heavy atom. The molecule has 1 heterocycles. The molecule has 0 aromatic carbocycles. The maximum atomic E-state index is 4.62. The fraction of sp³-hybridized carbons (Fsp3) is 0.889. The Kier molecular flexibility index (Phi) is 2.11. The van der Waals surface area contributed by atoms with Crippen LogP contribution in [-0.2, 0) is 0 Å². The number of hydrazone groups is 1. The third kappa shape index (κ3) is 1.71. The second kappa shape index (κ2) is 2.59. The van der Waals surface area contributed by atoms with Crippen LogP contribution in [0, 0.1) is 0 Å². The molecule has 70 valence electrons. The molecule has 0 aliphatic carbocycles. The van der Waals surface area contributed by atoms with Crippen LogP contribution in [0.4, 0.5) is 0 Å². The van der Waals surface area contributed by atoms with Crippen molar-refractivity contribution in [1.29, 1.82) is 0 Å². The summed E-state index contributed by atoms with van der Waals surface area (Å²) in [4.78, 5) is 0. The second-order valence-corrected chi connectivity index (χ2v) is 9.71. The van der Waals surface area contributed by atoms with Gasteiger partial charge in [0.25, 0.3) is 0 Å². The molecule has 12 heavy (non-hydrogen) atoms. The maximum Gasteiger partial charge on any atom is 0.178 e. The average Bonchev–Trinajstić information content (AvgIpc) is 2.02. The molecule has 1 aliphatic rings. The summed E-state index contributed by atoms with van der Waals surface area (Å²) in [6.07, 6.45) is 0. The summed E-state index contributed by atoms with van der Waals surface area (Å²) < 4.78 is 2.36. The first kappa shape index (κ1) is 9.77. The quantitative estimate of drug-likeness (QED) is 0.529. The molecule has 0 radical (unpaired) electrons. The summed E-state index contributed by atoms with van der Waals surface area (Å²) in [5, 5.41) is 4.62. The Labute approximate surface area is 76.7 Å². The molecule has 0 fully saturated rings. The minimum atomic E-state index is -1.24. The highest BCUT2D eigenvalue weighted by atomic mass is 28.3. The van der Waals surface area contributed by atoms with Crippen LogP contribution < -0.4 is 0 Å². The van der Waals surface area contributed by atoms with Crippen molar-refractivity contribution < 1.29 is 0 Å². The second-order valence-electron chi connectivity index (χ2n) is 5.31. The smallest absolute Gasteiger partial charge is 0.178 e. The molecular formula is C9H20N2Si. The number of nitrogens with zero attached hydrogens (tertiary/aromatic N) is 2. The van der Waals surface area contributed by atoms with Crippen LogP contribution >= 0.6 is 0 Å². The van der Waals surface area contributed by atoms with Gasteiger partial charge in [0, 0.05) is 17.3 Å². The van der Waals surface area contributed by atoms with E-state index in [4.69, 9.17) is 0 Å². The van der Waals surface area contributed by atoms with Crippen LogP contribution in [0.2, 0.25) is 19.1 Å². The lowest BCUT2D eigenvalue weighted by Gasteiger charge is -2.40. The highest BCUT2D eigenvalue weighted by molar-refractivity contribution is 6.78. The summed E-state index contributed by atoms with van der Waals surface area (Å²) in [5.74, 6) is 0. The summed E-state index contributed by atoms with van der Waals surface area (Å²) in [7, 11) is -1.24. The Bertz CT molecular complexity index is 213. The van der Waals surface area contributed by atoms with Crippen LogP contribution in [0.25, 0.3) is 0 Å². The normalized spacial score (nSPS) is 22.8. The molecule has 0 atom stereocenters. The predicted molar refractivity (Wildman–Crippen MR) is 57.0 cm³/mol. The molecule has 0 saturated heterocycles. The monoisotopic (exact) mass is 184 g/mol. The van der Waals surface area contributed by atoms with Gasteiger partial charge in [-0.3, -0.25) is 0 Å².